The monoisotopic (exact) mass is 251 g/mol. The standard InChI is InChI=1S/C14H12F3N/c1-8-7-9(5-6-10(8)15)14(18)13-11(16)3-2-4-12(13)17/h2-7,14H,18H2,1H3. The lowest BCUT2D eigenvalue weighted by molar-refractivity contribution is 0.543. The predicted molar refractivity (Wildman–Crippen MR) is 63.5 cm³/mol. The molecule has 1 unspecified atom stereocenters. The molecule has 2 aromatic rings. The molecule has 0 radical (unpaired) electrons. The Labute approximate surface area is 103 Å². The van der Waals surface area contributed by atoms with Crippen molar-refractivity contribution in [3.63, 3.8) is 0 Å². The predicted octanol–water partition coefficient (Wildman–Crippen LogP) is 3.46. The van der Waals surface area contributed by atoms with E-state index >= 15 is 0 Å². The summed E-state index contributed by atoms with van der Waals surface area (Å²) in [6, 6.07) is 6.78. The van der Waals surface area contributed by atoms with Crippen LogP contribution in [0.5, 0.6) is 0 Å². The van der Waals surface area contributed by atoms with E-state index < -0.39 is 17.7 Å². The quantitative estimate of drug-likeness (QED) is 0.869. The Morgan fingerprint density at radius 1 is 0.944 bits per heavy atom. The second-order valence-electron chi connectivity index (χ2n) is 4.12. The van der Waals surface area contributed by atoms with Crippen molar-refractivity contribution in [2.45, 2.75) is 13.0 Å². The fourth-order valence-corrected chi connectivity index (χ4v) is 1.84. The minimum atomic E-state index is -0.953. The largest absolute Gasteiger partial charge is 0.320 e. The second-order valence-corrected chi connectivity index (χ2v) is 4.12. The van der Waals surface area contributed by atoms with Crippen LogP contribution in [0, 0.1) is 24.4 Å². The average molecular weight is 251 g/mol. The van der Waals surface area contributed by atoms with Crippen LogP contribution in [-0.2, 0) is 0 Å². The molecule has 0 aliphatic heterocycles. The molecule has 2 N–H and O–H groups in total. The third-order valence-electron chi connectivity index (χ3n) is 2.85. The molecule has 0 aromatic heterocycles. The second kappa shape index (κ2) is 4.82. The van der Waals surface area contributed by atoms with Crippen LogP contribution in [0.3, 0.4) is 0 Å². The van der Waals surface area contributed by atoms with Gasteiger partial charge in [-0.3, -0.25) is 0 Å². The molecule has 18 heavy (non-hydrogen) atoms. The van der Waals surface area contributed by atoms with Gasteiger partial charge in [-0.25, -0.2) is 13.2 Å². The maximum atomic E-state index is 13.6. The van der Waals surface area contributed by atoms with E-state index in [1.54, 1.807) is 6.92 Å². The van der Waals surface area contributed by atoms with Crippen LogP contribution in [0.15, 0.2) is 36.4 Å². The normalized spacial score (nSPS) is 12.5. The van der Waals surface area contributed by atoms with Gasteiger partial charge in [0.15, 0.2) is 0 Å². The van der Waals surface area contributed by atoms with Gasteiger partial charge < -0.3 is 5.73 Å². The lowest BCUT2D eigenvalue weighted by Gasteiger charge is -2.15. The Hall–Kier alpha value is -1.81. The van der Waals surface area contributed by atoms with Crippen molar-refractivity contribution in [1.82, 2.24) is 0 Å². The van der Waals surface area contributed by atoms with E-state index in [0.717, 1.165) is 12.1 Å². The Kier molecular flexibility index (Phi) is 3.39. The zero-order valence-corrected chi connectivity index (χ0v) is 9.75. The van der Waals surface area contributed by atoms with E-state index in [1.807, 2.05) is 0 Å². The molecule has 0 spiro atoms. The van der Waals surface area contributed by atoms with Crippen LogP contribution in [0.1, 0.15) is 22.7 Å². The molecule has 0 amide bonds. The van der Waals surface area contributed by atoms with Crippen LogP contribution in [-0.4, -0.2) is 0 Å². The van der Waals surface area contributed by atoms with Crippen LogP contribution >= 0.6 is 0 Å². The zero-order valence-electron chi connectivity index (χ0n) is 9.75. The SMILES string of the molecule is Cc1cc(C(N)c2c(F)cccc2F)ccc1F. The van der Waals surface area contributed by atoms with Crippen LogP contribution in [0.4, 0.5) is 13.2 Å². The average Bonchev–Trinajstić information content (AvgIpc) is 2.32. The summed E-state index contributed by atoms with van der Waals surface area (Å²) in [5.41, 5.74) is 6.49. The van der Waals surface area contributed by atoms with Crippen molar-refractivity contribution in [2.24, 2.45) is 5.73 Å². The van der Waals surface area contributed by atoms with E-state index in [9.17, 15) is 13.2 Å². The smallest absolute Gasteiger partial charge is 0.131 e. The van der Waals surface area contributed by atoms with Gasteiger partial charge in [0, 0.05) is 5.56 Å². The summed E-state index contributed by atoms with van der Waals surface area (Å²) in [4.78, 5) is 0. The Balaban J connectivity index is 2.48. The molecule has 94 valence electrons. The van der Waals surface area contributed by atoms with Gasteiger partial charge in [-0.1, -0.05) is 18.2 Å². The van der Waals surface area contributed by atoms with Gasteiger partial charge in [-0.05, 0) is 36.2 Å². The lowest BCUT2D eigenvalue weighted by atomic mass is 9.97. The molecule has 0 saturated carbocycles. The van der Waals surface area contributed by atoms with Crippen LogP contribution in [0.2, 0.25) is 0 Å². The summed E-state index contributed by atoms with van der Waals surface area (Å²) in [6.45, 7) is 1.57. The Morgan fingerprint density at radius 3 is 2.11 bits per heavy atom. The molecule has 2 rings (SSSR count). The fourth-order valence-electron chi connectivity index (χ4n) is 1.84. The summed E-state index contributed by atoms with van der Waals surface area (Å²) in [6.07, 6.45) is 0. The molecule has 0 saturated heterocycles. The first-order chi connectivity index (χ1) is 8.50. The third kappa shape index (κ3) is 2.24. The van der Waals surface area contributed by atoms with E-state index in [0.29, 0.717) is 11.1 Å². The first-order valence-electron chi connectivity index (χ1n) is 5.46. The summed E-state index contributed by atoms with van der Waals surface area (Å²) >= 11 is 0. The number of aryl methyl sites for hydroxylation is 1. The minimum absolute atomic E-state index is 0.205. The van der Waals surface area contributed by atoms with Crippen molar-refractivity contribution in [3.8, 4) is 0 Å². The van der Waals surface area contributed by atoms with Gasteiger partial charge in [0.05, 0.1) is 6.04 Å². The lowest BCUT2D eigenvalue weighted by Crippen LogP contribution is -2.16. The Morgan fingerprint density at radius 2 is 1.56 bits per heavy atom. The van der Waals surface area contributed by atoms with Gasteiger partial charge in [0.1, 0.15) is 17.5 Å². The Bertz CT molecular complexity index is 561. The molecular formula is C14H12F3N. The van der Waals surface area contributed by atoms with E-state index in [-0.39, 0.29) is 11.4 Å². The molecule has 0 fully saturated rings. The highest BCUT2D eigenvalue weighted by Crippen LogP contribution is 2.25. The number of halogens is 3. The van der Waals surface area contributed by atoms with Crippen molar-refractivity contribution in [2.75, 3.05) is 0 Å². The molecule has 1 atom stereocenters. The molecular weight excluding hydrogens is 239 g/mol. The van der Waals surface area contributed by atoms with Crippen molar-refractivity contribution in [1.29, 1.82) is 0 Å². The summed E-state index contributed by atoms with van der Waals surface area (Å²) in [7, 11) is 0. The molecule has 4 heteroatoms. The molecule has 0 aliphatic carbocycles. The first-order valence-corrected chi connectivity index (χ1v) is 5.46. The van der Waals surface area contributed by atoms with Gasteiger partial charge in [0.25, 0.3) is 0 Å². The highest BCUT2D eigenvalue weighted by Gasteiger charge is 2.18. The molecule has 1 nitrogen and oxygen atoms in total. The maximum absolute atomic E-state index is 13.6. The molecule has 0 heterocycles. The molecule has 2 aromatic carbocycles. The van der Waals surface area contributed by atoms with E-state index in [4.69, 9.17) is 5.73 Å². The number of hydrogen-bond donors (Lipinski definition) is 1. The minimum Gasteiger partial charge on any atom is -0.320 e. The summed E-state index contributed by atoms with van der Waals surface area (Å²) in [5.74, 6) is -1.78. The topological polar surface area (TPSA) is 26.0 Å². The van der Waals surface area contributed by atoms with E-state index in [1.165, 1.54) is 24.3 Å². The summed E-state index contributed by atoms with van der Waals surface area (Å²) < 4.78 is 40.3. The van der Waals surface area contributed by atoms with Gasteiger partial charge in [-0.15, -0.1) is 0 Å². The first kappa shape index (κ1) is 12.6. The van der Waals surface area contributed by atoms with Crippen molar-refractivity contribution < 1.29 is 13.2 Å². The fraction of sp³-hybridized carbons (Fsp3) is 0.143. The zero-order chi connectivity index (χ0) is 13.3. The maximum Gasteiger partial charge on any atom is 0.131 e. The number of hydrogen-bond acceptors (Lipinski definition) is 1. The highest BCUT2D eigenvalue weighted by molar-refractivity contribution is 5.35. The van der Waals surface area contributed by atoms with Crippen LogP contribution < -0.4 is 5.73 Å². The number of nitrogens with two attached hydrogens (primary N) is 1. The van der Waals surface area contributed by atoms with Gasteiger partial charge in [-0.2, -0.15) is 0 Å². The van der Waals surface area contributed by atoms with E-state index in [2.05, 4.69) is 0 Å². The summed E-state index contributed by atoms with van der Waals surface area (Å²) in [5, 5.41) is 0. The van der Waals surface area contributed by atoms with Crippen LogP contribution in [0.25, 0.3) is 0 Å². The van der Waals surface area contributed by atoms with Gasteiger partial charge >= 0.3 is 0 Å². The van der Waals surface area contributed by atoms with Crippen molar-refractivity contribution in [3.05, 3.63) is 70.5 Å². The molecule has 0 aliphatic rings. The number of benzene rings is 2. The molecule has 0 bridgehead atoms. The number of rotatable bonds is 2. The third-order valence-corrected chi connectivity index (χ3v) is 2.85. The van der Waals surface area contributed by atoms with Gasteiger partial charge in [0.2, 0.25) is 0 Å². The highest BCUT2D eigenvalue weighted by atomic mass is 19.1. The van der Waals surface area contributed by atoms with Crippen molar-refractivity contribution >= 4 is 0 Å².